The van der Waals surface area contributed by atoms with E-state index in [1.807, 2.05) is 0 Å². The minimum absolute atomic E-state index is 0.361. The monoisotopic (exact) mass is 100 g/mol. The van der Waals surface area contributed by atoms with Gasteiger partial charge in [0.15, 0.2) is 0 Å². The van der Waals surface area contributed by atoms with E-state index in [-0.39, 0.29) is 0 Å². The molecule has 1 heterocycles. The molecule has 0 saturated carbocycles. The summed E-state index contributed by atoms with van der Waals surface area (Å²) in [5.74, 6) is 0. The second-order valence-electron chi connectivity index (χ2n) is 1.18. The highest BCUT2D eigenvalue weighted by Gasteiger charge is 1.91. The summed E-state index contributed by atoms with van der Waals surface area (Å²) < 4.78 is 4.17. The zero-order valence-corrected chi connectivity index (χ0v) is 3.76. The number of H-pyrrole nitrogens is 1. The van der Waals surface area contributed by atoms with Gasteiger partial charge in [-0.25, -0.2) is 4.79 Å². The molecule has 0 aromatic carbocycles. The Bertz CT molecular complexity index is 199. The van der Waals surface area contributed by atoms with Gasteiger partial charge in [-0.3, -0.25) is 0 Å². The quantitative estimate of drug-likeness (QED) is 0.485. The molecule has 0 aliphatic rings. The first-order chi connectivity index (χ1) is 3.30. The SMILES string of the molecule is Cc1n[nH]oc1=O. The Balaban J connectivity index is 3.39. The molecule has 0 atom stereocenters. The van der Waals surface area contributed by atoms with Crippen molar-refractivity contribution in [2.24, 2.45) is 0 Å². The van der Waals surface area contributed by atoms with Crippen LogP contribution in [0.1, 0.15) is 5.69 Å². The molecule has 1 rings (SSSR count). The molecule has 0 unspecified atom stereocenters. The highest BCUT2D eigenvalue weighted by molar-refractivity contribution is 4.81. The maximum atomic E-state index is 10.2. The van der Waals surface area contributed by atoms with E-state index in [0.29, 0.717) is 5.69 Å². The van der Waals surface area contributed by atoms with Crippen molar-refractivity contribution in [3.63, 3.8) is 0 Å². The summed E-state index contributed by atoms with van der Waals surface area (Å²) in [5.41, 5.74) is -0.0417. The van der Waals surface area contributed by atoms with Crippen molar-refractivity contribution in [2.75, 3.05) is 0 Å². The lowest BCUT2D eigenvalue weighted by molar-refractivity contribution is 0.368. The standard InChI is InChI=1S/C3H4N2O2/c1-2-3(6)7-5-4-2/h5H,1H3. The van der Waals surface area contributed by atoms with Gasteiger partial charge in [0, 0.05) is 0 Å². The van der Waals surface area contributed by atoms with Crippen molar-refractivity contribution in [3.8, 4) is 0 Å². The molecule has 0 amide bonds. The average Bonchev–Trinajstić information content (AvgIpc) is 1.91. The fourth-order valence-corrected chi connectivity index (χ4v) is 0.252. The molecule has 1 N–H and O–H groups in total. The Morgan fingerprint density at radius 2 is 2.57 bits per heavy atom. The van der Waals surface area contributed by atoms with E-state index in [2.05, 4.69) is 14.9 Å². The van der Waals surface area contributed by atoms with Crippen LogP contribution in [0, 0.1) is 6.92 Å². The Morgan fingerprint density at radius 1 is 1.86 bits per heavy atom. The van der Waals surface area contributed by atoms with Crippen molar-refractivity contribution < 1.29 is 4.52 Å². The third-order valence-corrected chi connectivity index (χ3v) is 0.647. The molecule has 0 aliphatic carbocycles. The highest BCUT2D eigenvalue weighted by Crippen LogP contribution is 1.71. The Hall–Kier alpha value is -1.06. The number of nitrogens with zero attached hydrogens (tertiary/aromatic N) is 1. The van der Waals surface area contributed by atoms with Crippen molar-refractivity contribution in [2.45, 2.75) is 6.92 Å². The van der Waals surface area contributed by atoms with E-state index in [9.17, 15) is 4.79 Å². The molecule has 1 aromatic rings. The smallest absolute Gasteiger partial charge is 0.320 e. The van der Waals surface area contributed by atoms with E-state index >= 15 is 0 Å². The van der Waals surface area contributed by atoms with E-state index < -0.39 is 5.63 Å². The summed E-state index contributed by atoms with van der Waals surface area (Å²) in [7, 11) is 0. The molecule has 0 fully saturated rings. The third kappa shape index (κ3) is 0.534. The van der Waals surface area contributed by atoms with Gasteiger partial charge < -0.3 is 4.52 Å². The molecule has 0 radical (unpaired) electrons. The van der Waals surface area contributed by atoms with Crippen molar-refractivity contribution >= 4 is 0 Å². The Kier molecular flexibility index (Phi) is 0.714. The minimum atomic E-state index is -0.403. The van der Waals surface area contributed by atoms with Gasteiger partial charge in [-0.05, 0) is 6.92 Å². The normalized spacial score (nSPS) is 9.29. The van der Waals surface area contributed by atoms with E-state index in [0.717, 1.165) is 0 Å². The summed E-state index contributed by atoms with van der Waals surface area (Å²) >= 11 is 0. The molecule has 4 nitrogen and oxygen atoms in total. The number of nitrogens with one attached hydrogen (secondary N) is 1. The van der Waals surface area contributed by atoms with Gasteiger partial charge in [-0.15, -0.1) is 10.4 Å². The van der Waals surface area contributed by atoms with E-state index in [1.165, 1.54) is 0 Å². The molecule has 0 saturated heterocycles. The molecular weight excluding hydrogens is 96.0 g/mol. The number of aromatic amines is 1. The third-order valence-electron chi connectivity index (χ3n) is 0.647. The number of aryl methyl sites for hydroxylation is 1. The van der Waals surface area contributed by atoms with Gasteiger partial charge in [-0.1, -0.05) is 0 Å². The second-order valence-corrected chi connectivity index (χ2v) is 1.18. The second kappa shape index (κ2) is 1.22. The number of aromatic nitrogens is 2. The maximum Gasteiger partial charge on any atom is 0.380 e. The Labute approximate surface area is 39.1 Å². The molecule has 0 bridgehead atoms. The van der Waals surface area contributed by atoms with Gasteiger partial charge >= 0.3 is 5.63 Å². The lowest BCUT2D eigenvalue weighted by Crippen LogP contribution is -1.94. The van der Waals surface area contributed by atoms with Crippen LogP contribution in [0.3, 0.4) is 0 Å². The fraction of sp³-hybridized carbons (Fsp3) is 0.333. The lowest BCUT2D eigenvalue weighted by atomic mass is 10.6. The molecular formula is C3H4N2O2. The zero-order chi connectivity index (χ0) is 5.28. The number of hydrogen-bond donors (Lipinski definition) is 1. The van der Waals surface area contributed by atoms with Gasteiger partial charge in [-0.2, -0.15) is 0 Å². The van der Waals surface area contributed by atoms with Crippen molar-refractivity contribution in [1.29, 1.82) is 0 Å². The average molecular weight is 100 g/mol. The molecule has 38 valence electrons. The largest absolute Gasteiger partial charge is 0.380 e. The summed E-state index contributed by atoms with van der Waals surface area (Å²) in [6.07, 6.45) is 0. The van der Waals surface area contributed by atoms with Crippen LogP contribution < -0.4 is 5.63 Å². The van der Waals surface area contributed by atoms with Gasteiger partial charge in [0.05, 0.1) is 0 Å². The predicted molar refractivity (Wildman–Crippen MR) is 21.9 cm³/mol. The van der Waals surface area contributed by atoms with Crippen molar-refractivity contribution in [1.82, 2.24) is 10.4 Å². The zero-order valence-electron chi connectivity index (χ0n) is 3.76. The lowest BCUT2D eigenvalue weighted by Gasteiger charge is -1.59. The maximum absolute atomic E-state index is 10.2. The van der Waals surface area contributed by atoms with Crippen LogP contribution in [0.4, 0.5) is 0 Å². The minimum Gasteiger partial charge on any atom is -0.320 e. The van der Waals surface area contributed by atoms with Crippen LogP contribution in [0.2, 0.25) is 0 Å². The van der Waals surface area contributed by atoms with Gasteiger partial charge in [0.2, 0.25) is 0 Å². The first-order valence-electron chi connectivity index (χ1n) is 1.81. The van der Waals surface area contributed by atoms with Crippen LogP contribution in [0.5, 0.6) is 0 Å². The van der Waals surface area contributed by atoms with Crippen LogP contribution in [-0.4, -0.2) is 10.4 Å². The molecule has 0 spiro atoms. The first kappa shape index (κ1) is 4.11. The van der Waals surface area contributed by atoms with Gasteiger partial charge in [0.1, 0.15) is 5.69 Å². The number of rotatable bonds is 0. The summed E-state index contributed by atoms with van der Waals surface area (Å²) in [6, 6.07) is 0. The van der Waals surface area contributed by atoms with E-state index in [4.69, 9.17) is 0 Å². The van der Waals surface area contributed by atoms with Gasteiger partial charge in [0.25, 0.3) is 0 Å². The highest BCUT2D eigenvalue weighted by atomic mass is 16.5. The molecule has 1 aromatic heterocycles. The van der Waals surface area contributed by atoms with Crippen LogP contribution in [0.25, 0.3) is 0 Å². The van der Waals surface area contributed by atoms with Crippen LogP contribution in [-0.2, 0) is 0 Å². The summed E-state index contributed by atoms with van der Waals surface area (Å²) in [5, 5.41) is 5.47. The van der Waals surface area contributed by atoms with Crippen molar-refractivity contribution in [3.05, 3.63) is 16.1 Å². The van der Waals surface area contributed by atoms with Crippen LogP contribution >= 0.6 is 0 Å². The topological polar surface area (TPSA) is 58.9 Å². The predicted octanol–water partition coefficient (Wildman–Crippen LogP) is -0.329. The molecule has 0 aliphatic heterocycles. The molecule has 4 heteroatoms. The van der Waals surface area contributed by atoms with Crippen LogP contribution in [0.15, 0.2) is 9.32 Å². The summed E-state index contributed by atoms with van der Waals surface area (Å²) in [4.78, 5) is 10.2. The Morgan fingerprint density at radius 3 is 2.71 bits per heavy atom. The fourth-order valence-electron chi connectivity index (χ4n) is 0.252. The molecule has 7 heavy (non-hydrogen) atoms. The van der Waals surface area contributed by atoms with E-state index in [1.54, 1.807) is 6.92 Å². The summed E-state index contributed by atoms with van der Waals surface area (Å²) in [6.45, 7) is 1.57. The number of hydrogen-bond acceptors (Lipinski definition) is 3. The first-order valence-corrected chi connectivity index (χ1v) is 1.81.